The molecule has 2 aromatic carbocycles. The maximum Gasteiger partial charge on any atom is 0.416 e. The Morgan fingerprint density at radius 3 is 2.50 bits per heavy atom. The predicted molar refractivity (Wildman–Crippen MR) is 68.3 cm³/mol. The first-order chi connectivity index (χ1) is 9.39. The summed E-state index contributed by atoms with van der Waals surface area (Å²) in [7, 11) is 0. The van der Waals surface area contributed by atoms with Crippen molar-refractivity contribution in [3.05, 3.63) is 48.0 Å². The van der Waals surface area contributed by atoms with Crippen molar-refractivity contribution in [3.63, 3.8) is 0 Å². The van der Waals surface area contributed by atoms with Gasteiger partial charge in [-0.2, -0.15) is 13.2 Å². The number of benzene rings is 2. The first-order valence-corrected chi connectivity index (χ1v) is 5.90. The van der Waals surface area contributed by atoms with Crippen molar-refractivity contribution < 1.29 is 23.1 Å². The number of fused-ring (bicyclic) bond motifs is 1. The average Bonchev–Trinajstić information content (AvgIpc) is 2.42. The van der Waals surface area contributed by atoms with Gasteiger partial charge in [-0.1, -0.05) is 36.4 Å². The van der Waals surface area contributed by atoms with Crippen molar-refractivity contribution in [2.45, 2.75) is 12.3 Å². The number of alkyl halides is 3. The van der Waals surface area contributed by atoms with Gasteiger partial charge in [-0.25, -0.2) is 0 Å². The maximum atomic E-state index is 12.2. The quantitative estimate of drug-likeness (QED) is 0.909. The van der Waals surface area contributed by atoms with E-state index in [9.17, 15) is 18.0 Å². The molecule has 1 atom stereocenters. The summed E-state index contributed by atoms with van der Waals surface area (Å²) >= 11 is 0. The van der Waals surface area contributed by atoms with Crippen molar-refractivity contribution in [2.24, 2.45) is 0 Å². The molecule has 106 valence electrons. The van der Waals surface area contributed by atoms with Crippen molar-refractivity contribution in [2.75, 3.05) is 6.54 Å². The predicted octanol–water partition coefficient (Wildman–Crippen LogP) is 2.49. The summed E-state index contributed by atoms with van der Waals surface area (Å²) in [5.74, 6) is -0.648. The zero-order valence-electron chi connectivity index (χ0n) is 10.3. The van der Waals surface area contributed by atoms with Crippen LogP contribution in [0.25, 0.3) is 10.8 Å². The van der Waals surface area contributed by atoms with E-state index < -0.39 is 24.7 Å². The molecular weight excluding hydrogens is 271 g/mol. The Bertz CT molecular complexity index is 620. The van der Waals surface area contributed by atoms with Crippen LogP contribution in [0.2, 0.25) is 0 Å². The third-order valence-electron chi connectivity index (χ3n) is 2.87. The number of rotatable bonds is 3. The molecule has 0 aromatic heterocycles. The number of carbonyl (C=O) groups excluding carboxylic acids is 1. The SMILES string of the molecule is O=C(NCC(O)C(F)(F)F)c1cccc2ccccc12. The standard InChI is InChI=1S/C14H12F3NO2/c15-14(16,17)12(19)8-18-13(20)11-7-3-5-9-4-1-2-6-10(9)11/h1-7,12,19H,8H2,(H,18,20). The van der Waals surface area contributed by atoms with E-state index in [4.69, 9.17) is 5.11 Å². The molecule has 1 unspecified atom stereocenters. The molecule has 2 N–H and O–H groups in total. The minimum absolute atomic E-state index is 0.275. The van der Waals surface area contributed by atoms with Crippen LogP contribution in [0.5, 0.6) is 0 Å². The summed E-state index contributed by atoms with van der Waals surface area (Å²) in [6.07, 6.45) is -7.31. The third-order valence-corrected chi connectivity index (χ3v) is 2.87. The van der Waals surface area contributed by atoms with Crippen LogP contribution < -0.4 is 5.32 Å². The van der Waals surface area contributed by atoms with Crippen LogP contribution >= 0.6 is 0 Å². The van der Waals surface area contributed by atoms with Crippen LogP contribution in [0.3, 0.4) is 0 Å². The first-order valence-electron chi connectivity index (χ1n) is 5.90. The fourth-order valence-electron chi connectivity index (χ4n) is 1.82. The maximum absolute atomic E-state index is 12.2. The molecule has 0 spiro atoms. The van der Waals surface area contributed by atoms with Gasteiger partial charge in [0.05, 0.1) is 6.54 Å². The Morgan fingerprint density at radius 2 is 1.80 bits per heavy atom. The zero-order chi connectivity index (χ0) is 14.8. The molecule has 1 amide bonds. The van der Waals surface area contributed by atoms with Crippen molar-refractivity contribution in [1.82, 2.24) is 5.32 Å². The second kappa shape index (κ2) is 5.50. The number of aliphatic hydroxyl groups is 1. The Kier molecular flexibility index (Phi) is 3.94. The number of amides is 1. The van der Waals surface area contributed by atoms with Crippen LogP contribution in [0.1, 0.15) is 10.4 Å². The van der Waals surface area contributed by atoms with Gasteiger partial charge in [0.1, 0.15) is 0 Å². The van der Waals surface area contributed by atoms with E-state index >= 15 is 0 Å². The topological polar surface area (TPSA) is 49.3 Å². The molecule has 0 saturated carbocycles. The fraction of sp³-hybridized carbons (Fsp3) is 0.214. The van der Waals surface area contributed by atoms with E-state index in [1.807, 2.05) is 0 Å². The molecule has 0 saturated heterocycles. The molecule has 3 nitrogen and oxygen atoms in total. The second-order valence-electron chi connectivity index (χ2n) is 4.29. The highest BCUT2D eigenvalue weighted by molar-refractivity contribution is 6.06. The van der Waals surface area contributed by atoms with E-state index in [1.54, 1.807) is 36.4 Å². The number of nitrogens with one attached hydrogen (secondary N) is 1. The zero-order valence-corrected chi connectivity index (χ0v) is 10.3. The number of halogens is 3. The van der Waals surface area contributed by atoms with Crippen molar-refractivity contribution in [3.8, 4) is 0 Å². The molecule has 2 rings (SSSR count). The first kappa shape index (κ1) is 14.3. The van der Waals surface area contributed by atoms with E-state index in [-0.39, 0.29) is 5.56 Å². The van der Waals surface area contributed by atoms with Crippen molar-refractivity contribution in [1.29, 1.82) is 0 Å². The van der Waals surface area contributed by atoms with Crippen LogP contribution in [0, 0.1) is 0 Å². The molecule has 0 aliphatic rings. The minimum Gasteiger partial charge on any atom is -0.382 e. The summed E-state index contributed by atoms with van der Waals surface area (Å²) < 4.78 is 36.5. The van der Waals surface area contributed by atoms with Gasteiger partial charge in [0, 0.05) is 5.56 Å². The van der Waals surface area contributed by atoms with Crippen LogP contribution in [0.15, 0.2) is 42.5 Å². The van der Waals surface area contributed by atoms with E-state index in [2.05, 4.69) is 5.32 Å². The number of hydrogen-bond acceptors (Lipinski definition) is 2. The Labute approximate surface area is 113 Å². The Morgan fingerprint density at radius 1 is 1.15 bits per heavy atom. The summed E-state index contributed by atoms with van der Waals surface area (Å²) in [5, 5.41) is 12.4. The van der Waals surface area contributed by atoms with Crippen LogP contribution in [-0.4, -0.2) is 29.8 Å². The molecule has 0 radical (unpaired) electrons. The Hall–Kier alpha value is -2.08. The molecule has 0 aliphatic carbocycles. The van der Waals surface area contributed by atoms with E-state index in [0.29, 0.717) is 5.39 Å². The molecular formula is C14H12F3NO2. The molecule has 0 heterocycles. The van der Waals surface area contributed by atoms with Gasteiger partial charge in [-0.15, -0.1) is 0 Å². The molecule has 0 aliphatic heterocycles. The lowest BCUT2D eigenvalue weighted by Crippen LogP contribution is -2.40. The Balaban J connectivity index is 2.16. The molecule has 20 heavy (non-hydrogen) atoms. The van der Waals surface area contributed by atoms with E-state index in [0.717, 1.165) is 5.39 Å². The van der Waals surface area contributed by atoms with E-state index in [1.165, 1.54) is 6.07 Å². The number of aliphatic hydroxyl groups excluding tert-OH is 1. The highest BCUT2D eigenvalue weighted by Crippen LogP contribution is 2.20. The normalized spacial score (nSPS) is 13.2. The monoisotopic (exact) mass is 283 g/mol. The highest BCUT2D eigenvalue weighted by Gasteiger charge is 2.38. The highest BCUT2D eigenvalue weighted by atomic mass is 19.4. The van der Waals surface area contributed by atoms with Gasteiger partial charge in [0.15, 0.2) is 6.10 Å². The summed E-state index contributed by atoms with van der Waals surface area (Å²) in [6.45, 7) is -0.869. The summed E-state index contributed by atoms with van der Waals surface area (Å²) in [6, 6.07) is 12.0. The van der Waals surface area contributed by atoms with Gasteiger partial charge >= 0.3 is 6.18 Å². The molecule has 2 aromatic rings. The lowest BCUT2D eigenvalue weighted by Gasteiger charge is -2.15. The number of carbonyl (C=O) groups is 1. The van der Waals surface area contributed by atoms with Crippen LogP contribution in [0.4, 0.5) is 13.2 Å². The van der Waals surface area contributed by atoms with Gasteiger partial charge in [-0.05, 0) is 16.8 Å². The lowest BCUT2D eigenvalue weighted by molar-refractivity contribution is -0.201. The average molecular weight is 283 g/mol. The smallest absolute Gasteiger partial charge is 0.382 e. The van der Waals surface area contributed by atoms with Gasteiger partial charge in [-0.3, -0.25) is 4.79 Å². The fourth-order valence-corrected chi connectivity index (χ4v) is 1.82. The molecule has 0 fully saturated rings. The number of hydrogen-bond donors (Lipinski definition) is 2. The van der Waals surface area contributed by atoms with Gasteiger partial charge in [0.2, 0.25) is 0 Å². The van der Waals surface area contributed by atoms with Crippen LogP contribution in [-0.2, 0) is 0 Å². The molecule has 0 bridgehead atoms. The summed E-state index contributed by atoms with van der Waals surface area (Å²) in [4.78, 5) is 11.9. The lowest BCUT2D eigenvalue weighted by atomic mass is 10.0. The largest absolute Gasteiger partial charge is 0.416 e. The summed E-state index contributed by atoms with van der Waals surface area (Å²) in [5.41, 5.74) is 0.275. The van der Waals surface area contributed by atoms with Gasteiger partial charge < -0.3 is 10.4 Å². The second-order valence-corrected chi connectivity index (χ2v) is 4.29. The minimum atomic E-state index is -4.74. The van der Waals surface area contributed by atoms with Gasteiger partial charge in [0.25, 0.3) is 5.91 Å². The molecule has 6 heteroatoms. The van der Waals surface area contributed by atoms with Crippen molar-refractivity contribution >= 4 is 16.7 Å². The third kappa shape index (κ3) is 3.08.